The average molecular weight is 101 g/mol. The predicted octanol–water partition coefficient (Wildman–Crippen LogP) is 2.50. The van der Waals surface area contributed by atoms with Crippen molar-refractivity contribution in [3.8, 4) is 0 Å². The lowest BCUT2D eigenvalue weighted by Crippen LogP contribution is -1.54. The first-order valence-electron chi connectivity index (χ1n) is 2.18. The number of allylic oxidation sites excluding steroid dienone is 1. The van der Waals surface area contributed by atoms with Gasteiger partial charge in [-0.2, -0.15) is 0 Å². The summed E-state index contributed by atoms with van der Waals surface area (Å²) in [5.74, 6) is 0. The maximum Gasteiger partial charge on any atom is -0.00265 e. The molecule has 0 unspecified atom stereocenters. The first kappa shape index (κ1) is 5.96. The van der Waals surface area contributed by atoms with Crippen LogP contribution in [-0.4, -0.2) is 0 Å². The van der Waals surface area contributed by atoms with Crippen LogP contribution in [0.4, 0.5) is 0 Å². The summed E-state index contributed by atoms with van der Waals surface area (Å²) in [6, 6.07) is 0. The van der Waals surface area contributed by atoms with Gasteiger partial charge in [-0.3, -0.25) is 0 Å². The number of hydrogen-bond acceptors (Lipinski definition) is 0. The fourth-order valence-electron chi connectivity index (χ4n) is 0.235. The normalized spacial score (nSPS) is 10.2. The molecule has 0 aliphatic rings. The Kier molecular flexibility index (Phi) is 4.93. The van der Waals surface area contributed by atoms with Crippen LogP contribution in [0.3, 0.4) is 0 Å². The van der Waals surface area contributed by atoms with E-state index in [1.807, 2.05) is 6.08 Å². The van der Waals surface area contributed by atoms with Gasteiger partial charge in [-0.25, -0.2) is 0 Å². The minimum atomic E-state index is 1.13. The lowest BCUT2D eigenvalue weighted by molar-refractivity contribution is 0.960. The molecule has 0 N–H and O–H groups in total. The van der Waals surface area contributed by atoms with Crippen molar-refractivity contribution in [2.24, 2.45) is 0 Å². The standard InChI is InChI=1S/C5H9S/c1-2-3-4-5-6/h4-5H,2-3H2,1H3/b5-4+. The monoisotopic (exact) mass is 101 g/mol. The maximum atomic E-state index is 4.54. The van der Waals surface area contributed by atoms with Crippen molar-refractivity contribution in [1.82, 2.24) is 0 Å². The molecule has 0 aromatic carbocycles. The summed E-state index contributed by atoms with van der Waals surface area (Å²) in [6.45, 7) is 2.13. The van der Waals surface area contributed by atoms with Crippen LogP contribution in [0.15, 0.2) is 11.5 Å². The van der Waals surface area contributed by atoms with Crippen LogP contribution in [0.5, 0.6) is 0 Å². The highest BCUT2D eigenvalue weighted by Gasteiger charge is 1.65. The molecule has 0 aromatic rings. The second-order valence-electron chi connectivity index (χ2n) is 1.16. The SMILES string of the molecule is CCC/C=C/[S]. The molecule has 0 rings (SSSR count). The molecule has 0 fully saturated rings. The van der Waals surface area contributed by atoms with E-state index in [4.69, 9.17) is 0 Å². The summed E-state index contributed by atoms with van der Waals surface area (Å²) in [7, 11) is 0. The van der Waals surface area contributed by atoms with Crippen molar-refractivity contribution in [2.45, 2.75) is 19.8 Å². The smallest absolute Gasteiger partial charge is 0.00265 e. The van der Waals surface area contributed by atoms with Crippen LogP contribution in [0.2, 0.25) is 0 Å². The van der Waals surface area contributed by atoms with Crippen molar-refractivity contribution in [1.29, 1.82) is 0 Å². The van der Waals surface area contributed by atoms with E-state index in [9.17, 15) is 0 Å². The Morgan fingerprint density at radius 2 is 2.33 bits per heavy atom. The first-order valence-corrected chi connectivity index (χ1v) is 2.66. The third-order valence-electron chi connectivity index (χ3n) is 0.552. The molecule has 0 spiro atoms. The molecule has 0 aliphatic carbocycles. The van der Waals surface area contributed by atoms with Gasteiger partial charge in [0.1, 0.15) is 0 Å². The molecule has 0 atom stereocenters. The zero-order valence-electron chi connectivity index (χ0n) is 3.98. The van der Waals surface area contributed by atoms with E-state index in [2.05, 4.69) is 19.6 Å². The minimum absolute atomic E-state index is 1.13. The summed E-state index contributed by atoms with van der Waals surface area (Å²) in [4.78, 5) is 0. The molecular weight excluding hydrogens is 92.1 g/mol. The first-order chi connectivity index (χ1) is 2.91. The van der Waals surface area contributed by atoms with Crippen LogP contribution >= 0.6 is 12.6 Å². The third kappa shape index (κ3) is 3.96. The van der Waals surface area contributed by atoms with Crippen molar-refractivity contribution < 1.29 is 0 Å². The zero-order valence-corrected chi connectivity index (χ0v) is 4.79. The van der Waals surface area contributed by atoms with E-state index in [1.54, 1.807) is 5.41 Å². The largest absolute Gasteiger partial charge is 0.0891 e. The van der Waals surface area contributed by atoms with E-state index in [0.717, 1.165) is 6.42 Å². The highest BCUT2D eigenvalue weighted by Crippen LogP contribution is 1.88. The highest BCUT2D eigenvalue weighted by atomic mass is 32.1. The molecule has 1 radical (unpaired) electrons. The molecule has 0 saturated heterocycles. The Hall–Kier alpha value is -0.0400. The summed E-state index contributed by atoms with van der Waals surface area (Å²) < 4.78 is 0. The molecule has 0 amide bonds. The van der Waals surface area contributed by atoms with Crippen LogP contribution in [-0.2, 0) is 0 Å². The quantitative estimate of drug-likeness (QED) is 0.501. The number of unbranched alkanes of at least 4 members (excludes halogenated alkanes) is 1. The van der Waals surface area contributed by atoms with Crippen molar-refractivity contribution in [3.63, 3.8) is 0 Å². The number of hydrogen-bond donors (Lipinski definition) is 0. The number of rotatable bonds is 2. The lowest BCUT2D eigenvalue weighted by atomic mass is 10.3. The molecule has 35 valence electrons. The average Bonchev–Trinajstić information content (AvgIpc) is 1.61. The molecule has 0 heterocycles. The van der Waals surface area contributed by atoms with Crippen LogP contribution in [0.25, 0.3) is 0 Å². The van der Waals surface area contributed by atoms with E-state index in [0.29, 0.717) is 0 Å². The van der Waals surface area contributed by atoms with Gasteiger partial charge in [-0.05, 0) is 11.8 Å². The summed E-state index contributed by atoms with van der Waals surface area (Å²) in [6.07, 6.45) is 4.33. The topological polar surface area (TPSA) is 0 Å². The fraction of sp³-hybridized carbons (Fsp3) is 0.600. The van der Waals surface area contributed by atoms with E-state index < -0.39 is 0 Å². The second-order valence-corrected chi connectivity index (χ2v) is 1.43. The second kappa shape index (κ2) is 4.96. The van der Waals surface area contributed by atoms with Gasteiger partial charge in [0.25, 0.3) is 0 Å². The van der Waals surface area contributed by atoms with Gasteiger partial charge < -0.3 is 0 Å². The van der Waals surface area contributed by atoms with Gasteiger partial charge in [0.2, 0.25) is 0 Å². The molecule has 6 heavy (non-hydrogen) atoms. The van der Waals surface area contributed by atoms with Crippen molar-refractivity contribution >= 4 is 12.6 Å². The van der Waals surface area contributed by atoms with Crippen molar-refractivity contribution in [3.05, 3.63) is 11.5 Å². The van der Waals surface area contributed by atoms with E-state index >= 15 is 0 Å². The molecule has 1 heteroatoms. The molecule has 0 aliphatic heterocycles. The van der Waals surface area contributed by atoms with Crippen LogP contribution in [0, 0.1) is 0 Å². The summed E-state index contributed by atoms with van der Waals surface area (Å²) in [5, 5.41) is 1.67. The Balaban J connectivity index is 2.66. The summed E-state index contributed by atoms with van der Waals surface area (Å²) >= 11 is 4.54. The maximum absolute atomic E-state index is 4.54. The highest BCUT2D eigenvalue weighted by molar-refractivity contribution is 7.83. The third-order valence-corrected chi connectivity index (χ3v) is 0.744. The molecule has 0 bridgehead atoms. The van der Waals surface area contributed by atoms with Crippen LogP contribution < -0.4 is 0 Å². The lowest BCUT2D eigenvalue weighted by Gasteiger charge is -1.75. The van der Waals surface area contributed by atoms with Gasteiger partial charge in [0.05, 0.1) is 0 Å². The van der Waals surface area contributed by atoms with Gasteiger partial charge in [-0.15, -0.1) is 0 Å². The zero-order chi connectivity index (χ0) is 4.83. The van der Waals surface area contributed by atoms with E-state index in [-0.39, 0.29) is 0 Å². The van der Waals surface area contributed by atoms with Gasteiger partial charge in [-0.1, -0.05) is 32.0 Å². The van der Waals surface area contributed by atoms with E-state index in [1.165, 1.54) is 6.42 Å². The van der Waals surface area contributed by atoms with Gasteiger partial charge >= 0.3 is 0 Å². The Labute approximate surface area is 44.7 Å². The van der Waals surface area contributed by atoms with Gasteiger partial charge in [0, 0.05) is 0 Å². The Morgan fingerprint density at radius 1 is 1.67 bits per heavy atom. The summed E-state index contributed by atoms with van der Waals surface area (Å²) in [5.41, 5.74) is 0. The molecule has 0 saturated carbocycles. The van der Waals surface area contributed by atoms with Crippen molar-refractivity contribution in [2.75, 3.05) is 0 Å². The molecule has 0 nitrogen and oxygen atoms in total. The Bertz CT molecular complexity index is 39.2. The van der Waals surface area contributed by atoms with Crippen LogP contribution in [0.1, 0.15) is 19.8 Å². The molecule has 0 aromatic heterocycles. The minimum Gasteiger partial charge on any atom is -0.0891 e. The molecular formula is C5H9S. The van der Waals surface area contributed by atoms with Gasteiger partial charge in [0.15, 0.2) is 0 Å². The fourth-order valence-corrected chi connectivity index (χ4v) is 0.371. The predicted molar refractivity (Wildman–Crippen MR) is 31.6 cm³/mol. The Morgan fingerprint density at radius 3 is 2.50 bits per heavy atom.